The summed E-state index contributed by atoms with van der Waals surface area (Å²) < 4.78 is 53.8. The van der Waals surface area contributed by atoms with Crippen LogP contribution >= 0.6 is 11.8 Å². The van der Waals surface area contributed by atoms with E-state index in [1.165, 1.54) is 47.7 Å². The number of fused-ring (bicyclic) bond motifs is 2. The molecule has 0 radical (unpaired) electrons. The van der Waals surface area contributed by atoms with Gasteiger partial charge in [0.05, 0.1) is 53.4 Å². The smallest absolute Gasteiger partial charge is 0.239 e. The van der Waals surface area contributed by atoms with E-state index in [9.17, 15) is 9.18 Å². The van der Waals surface area contributed by atoms with Gasteiger partial charge in [-0.05, 0) is 67.1 Å². The molecule has 0 N–H and O–H groups in total. The third-order valence-electron chi connectivity index (χ3n) is 8.13. The molecule has 4 aromatic carbocycles. The number of thioether (sulfide) groups is 1. The average Bonchev–Trinajstić information content (AvgIpc) is 3.15. The molecule has 11 heteroatoms. The van der Waals surface area contributed by atoms with Crippen molar-refractivity contribution in [2.24, 2.45) is 0 Å². The average molecular weight is 698 g/mol. The van der Waals surface area contributed by atoms with Crippen LogP contribution in [0.1, 0.15) is 12.8 Å². The summed E-state index contributed by atoms with van der Waals surface area (Å²) in [7, 11) is 7.55. The van der Waals surface area contributed by atoms with Crippen LogP contribution in [-0.4, -0.2) is 52.9 Å². The van der Waals surface area contributed by atoms with Crippen LogP contribution in [0.15, 0.2) is 93.0 Å². The number of benzene rings is 4. The first-order chi connectivity index (χ1) is 24.4. The van der Waals surface area contributed by atoms with Crippen molar-refractivity contribution in [3.63, 3.8) is 0 Å². The van der Waals surface area contributed by atoms with Crippen LogP contribution in [0.2, 0.25) is 0 Å². The summed E-state index contributed by atoms with van der Waals surface area (Å²) in [5.74, 6) is 2.68. The van der Waals surface area contributed by atoms with Gasteiger partial charge >= 0.3 is 0 Å². The molecule has 0 saturated carbocycles. The number of rotatable bonds is 14. The third kappa shape index (κ3) is 7.00. The summed E-state index contributed by atoms with van der Waals surface area (Å²) in [4.78, 5) is 20.0. The SMILES string of the molecule is COc1cc(OC)c2c(=O)c(OCCCCSc3cc(-c4ccc(F)cc4)nc4ccccc34)c(-c3cc(OC)c(OC)c(OC)c3)oc2c1. The van der Waals surface area contributed by atoms with Gasteiger partial charge in [-0.2, -0.15) is 0 Å². The summed E-state index contributed by atoms with van der Waals surface area (Å²) in [5, 5.41) is 1.28. The highest BCUT2D eigenvalue weighted by molar-refractivity contribution is 7.99. The van der Waals surface area contributed by atoms with Gasteiger partial charge in [0.15, 0.2) is 17.3 Å². The molecule has 0 saturated heterocycles. The van der Waals surface area contributed by atoms with Crippen molar-refractivity contribution in [3.8, 4) is 57.1 Å². The number of para-hydroxylation sites is 1. The van der Waals surface area contributed by atoms with Gasteiger partial charge in [0.25, 0.3) is 0 Å². The van der Waals surface area contributed by atoms with Crippen molar-refractivity contribution in [2.75, 3.05) is 47.9 Å². The highest BCUT2D eigenvalue weighted by Crippen LogP contribution is 2.44. The highest BCUT2D eigenvalue weighted by Gasteiger charge is 2.24. The summed E-state index contributed by atoms with van der Waals surface area (Å²) in [6, 6.07) is 23.0. The van der Waals surface area contributed by atoms with Gasteiger partial charge in [0, 0.05) is 33.5 Å². The first-order valence-corrected chi connectivity index (χ1v) is 16.8. The molecule has 0 aliphatic carbocycles. The molecule has 2 heterocycles. The van der Waals surface area contributed by atoms with E-state index >= 15 is 0 Å². The van der Waals surface area contributed by atoms with Crippen LogP contribution in [0, 0.1) is 5.82 Å². The summed E-state index contributed by atoms with van der Waals surface area (Å²) in [6.45, 7) is 0.255. The fourth-order valence-corrected chi connectivity index (χ4v) is 6.74. The minimum Gasteiger partial charge on any atom is -0.496 e. The Bertz CT molecular complexity index is 2180. The molecule has 0 amide bonds. The van der Waals surface area contributed by atoms with E-state index < -0.39 is 0 Å². The largest absolute Gasteiger partial charge is 0.496 e. The van der Waals surface area contributed by atoms with E-state index in [2.05, 4.69) is 6.07 Å². The maximum Gasteiger partial charge on any atom is 0.239 e. The van der Waals surface area contributed by atoms with Crippen molar-refractivity contribution >= 4 is 33.6 Å². The Kier molecular flexibility index (Phi) is 10.6. The van der Waals surface area contributed by atoms with Crippen LogP contribution in [-0.2, 0) is 0 Å². The van der Waals surface area contributed by atoms with Gasteiger partial charge in [0.2, 0.25) is 16.9 Å². The second-order valence-electron chi connectivity index (χ2n) is 11.1. The molecule has 6 aromatic rings. The molecule has 0 bridgehead atoms. The van der Waals surface area contributed by atoms with Gasteiger partial charge in [-0.15, -0.1) is 11.8 Å². The summed E-state index contributed by atoms with van der Waals surface area (Å²) in [6.07, 6.45) is 1.46. The first-order valence-electron chi connectivity index (χ1n) is 15.8. The lowest BCUT2D eigenvalue weighted by Crippen LogP contribution is -2.12. The van der Waals surface area contributed by atoms with E-state index in [0.717, 1.165) is 39.2 Å². The van der Waals surface area contributed by atoms with Crippen LogP contribution in [0.4, 0.5) is 4.39 Å². The molecule has 258 valence electrons. The highest BCUT2D eigenvalue weighted by atomic mass is 32.2. The Balaban J connectivity index is 1.26. The van der Waals surface area contributed by atoms with Crippen LogP contribution < -0.4 is 33.8 Å². The fraction of sp³-hybridized carbons (Fsp3) is 0.231. The van der Waals surface area contributed by atoms with Crippen LogP contribution in [0.3, 0.4) is 0 Å². The number of ether oxygens (including phenoxy) is 6. The lowest BCUT2D eigenvalue weighted by molar-refractivity contribution is 0.301. The molecule has 0 aliphatic heterocycles. The maximum absolute atomic E-state index is 14.1. The van der Waals surface area contributed by atoms with Crippen LogP contribution in [0.25, 0.3) is 44.5 Å². The molecule has 0 spiro atoms. The number of hydrogen-bond acceptors (Lipinski definition) is 10. The molecule has 0 atom stereocenters. The second kappa shape index (κ2) is 15.4. The van der Waals surface area contributed by atoms with Crippen molar-refractivity contribution in [3.05, 3.63) is 94.9 Å². The van der Waals surface area contributed by atoms with Gasteiger partial charge in [-0.3, -0.25) is 4.79 Å². The zero-order valence-corrected chi connectivity index (χ0v) is 29.1. The Labute approximate surface area is 292 Å². The second-order valence-corrected chi connectivity index (χ2v) is 12.3. The van der Waals surface area contributed by atoms with Gasteiger partial charge < -0.3 is 32.8 Å². The third-order valence-corrected chi connectivity index (χ3v) is 9.28. The number of methoxy groups -OCH3 is 5. The van der Waals surface area contributed by atoms with Crippen molar-refractivity contribution in [1.82, 2.24) is 4.98 Å². The van der Waals surface area contributed by atoms with E-state index in [-0.39, 0.29) is 40.3 Å². The van der Waals surface area contributed by atoms with E-state index in [1.54, 1.807) is 48.2 Å². The van der Waals surface area contributed by atoms with Crippen molar-refractivity contribution in [2.45, 2.75) is 17.7 Å². The lowest BCUT2D eigenvalue weighted by Gasteiger charge is -2.17. The molecule has 50 heavy (non-hydrogen) atoms. The molecule has 6 rings (SSSR count). The zero-order valence-electron chi connectivity index (χ0n) is 28.3. The molecule has 2 aromatic heterocycles. The monoisotopic (exact) mass is 697 g/mol. The lowest BCUT2D eigenvalue weighted by atomic mass is 10.1. The van der Waals surface area contributed by atoms with E-state index in [0.29, 0.717) is 40.7 Å². The summed E-state index contributed by atoms with van der Waals surface area (Å²) in [5.41, 5.74) is 2.87. The van der Waals surface area contributed by atoms with Gasteiger partial charge in [0.1, 0.15) is 28.3 Å². The van der Waals surface area contributed by atoms with Gasteiger partial charge in [-0.1, -0.05) is 18.2 Å². The predicted molar refractivity (Wildman–Crippen MR) is 193 cm³/mol. The minimum atomic E-state index is -0.388. The molecule has 0 fully saturated rings. The minimum absolute atomic E-state index is 0.0342. The van der Waals surface area contributed by atoms with Crippen molar-refractivity contribution < 1.29 is 37.2 Å². The Morgan fingerprint density at radius 3 is 2.14 bits per heavy atom. The van der Waals surface area contributed by atoms with Gasteiger partial charge in [-0.25, -0.2) is 9.37 Å². The van der Waals surface area contributed by atoms with E-state index in [1.807, 2.05) is 24.3 Å². The molecule has 0 aliphatic rings. The predicted octanol–water partition coefficient (Wildman–Crippen LogP) is 8.81. The molecular formula is C39H36FNO8S. The van der Waals surface area contributed by atoms with Crippen molar-refractivity contribution in [1.29, 1.82) is 0 Å². The van der Waals surface area contributed by atoms with Crippen LogP contribution in [0.5, 0.6) is 34.5 Å². The standard InChI is InChI=1S/C39H36FNO8S/c1-43-26-20-30(44-2)35-31(21-26)49-37(24-18-32(45-3)38(47-5)33(19-24)46-4)39(36(35)42)48-16-8-9-17-50-34-22-29(23-12-14-25(40)15-13-23)41-28-11-7-6-10-27(28)34/h6-7,10-15,18-22H,8-9,16-17H2,1-5H3. The number of aromatic nitrogens is 1. The Hall–Kier alpha value is -5.42. The Morgan fingerprint density at radius 1 is 0.740 bits per heavy atom. The first kappa shape index (κ1) is 34.4. The molecule has 9 nitrogen and oxygen atoms in total. The number of hydrogen-bond donors (Lipinski definition) is 0. The summed E-state index contributed by atoms with van der Waals surface area (Å²) >= 11 is 1.72. The topological polar surface area (TPSA) is 98.5 Å². The molecule has 0 unspecified atom stereocenters. The normalized spacial score (nSPS) is 11.1. The maximum atomic E-state index is 14.1. The quantitative estimate of drug-likeness (QED) is 0.0811. The fourth-order valence-electron chi connectivity index (χ4n) is 5.65. The Morgan fingerprint density at radius 2 is 1.46 bits per heavy atom. The molecular weight excluding hydrogens is 661 g/mol. The number of nitrogens with zero attached hydrogens (tertiary/aromatic N) is 1. The number of halogens is 1. The van der Waals surface area contributed by atoms with E-state index in [4.69, 9.17) is 37.8 Å². The number of unbranched alkanes of at least 4 members (excludes halogenated alkanes) is 1. The number of pyridine rings is 1. The zero-order chi connectivity index (χ0) is 35.2.